The number of nitro groups is 1. The number of aromatic nitrogens is 1. The number of aliphatic hydroxyl groups excluding tert-OH is 1. The van der Waals surface area contributed by atoms with E-state index in [0.717, 1.165) is 56.6 Å². The lowest BCUT2D eigenvalue weighted by Crippen LogP contribution is -2.40. The van der Waals surface area contributed by atoms with Gasteiger partial charge in [-0.1, -0.05) is 91.9 Å². The van der Waals surface area contributed by atoms with Crippen molar-refractivity contribution in [3.05, 3.63) is 226 Å². The minimum absolute atomic E-state index is 0.0251. The van der Waals surface area contributed by atoms with E-state index >= 15 is 0 Å². The number of carbonyl (C=O) groups excluding carboxylic acids is 6. The van der Waals surface area contributed by atoms with Crippen LogP contribution in [-0.4, -0.2) is 104 Å². The standard InChI is InChI=1S/C28H31N3O5.C26H26N2O5.C20H20N2O7/c1-2-20-13-19(23-5-3-4-6-25(23)29-20)17-36-22-9-7-18(8-10-22)14-28(15-24(28)26(33)30-35)27(34)31-12-11-21(32)16-31;1-32-21-13-9-20(10-14-21)27-25(30)26(16-23(26)24(29)28-31)15-18-7-11-22(12-8-18)33-17-19-5-3-2-4-6-19;1-2-28-19(24)20(12-17(20)18(23)21-25)11-13-3-7-15(8-4-13)29-16-9-5-14(6-10-16)22(26)27/h3-10,13,21,24,32,35H,2,11-12,14-17H2,1H3,(H,30,33);2-14,23,31H,15-17H2,1H3,(H,27,30)(H,28,29);3-10,17,25H,2,11-12H2,1H3,(H,21,23)/t21-,24+,28-;23-,26+;17-,20+/m011/s1. The molecule has 2 heterocycles. The monoisotopic (exact) mass is 1340 g/mol. The van der Waals surface area contributed by atoms with Gasteiger partial charge in [-0.05, 0) is 165 Å². The van der Waals surface area contributed by atoms with E-state index in [9.17, 15) is 44.0 Å². The van der Waals surface area contributed by atoms with Crippen LogP contribution in [0.3, 0.4) is 0 Å². The van der Waals surface area contributed by atoms with Crippen molar-refractivity contribution in [1.29, 1.82) is 0 Å². The molecule has 4 fully saturated rings. The van der Waals surface area contributed by atoms with Crippen LogP contribution in [0.15, 0.2) is 182 Å². The number of nitrogens with one attached hydrogen (secondary N) is 4. The largest absolute Gasteiger partial charge is 0.497 e. The van der Waals surface area contributed by atoms with E-state index in [4.69, 9.17) is 39.3 Å². The maximum Gasteiger partial charge on any atom is 0.313 e. The average molecular weight is 1340 g/mol. The van der Waals surface area contributed by atoms with Crippen LogP contribution in [0, 0.1) is 44.1 Å². The number of pyridine rings is 1. The molecule has 0 spiro atoms. The first-order valence-corrected chi connectivity index (χ1v) is 32.1. The second-order valence-corrected chi connectivity index (χ2v) is 24.8. The fourth-order valence-corrected chi connectivity index (χ4v) is 12.6. The number of hydrogen-bond acceptors (Lipinski definition) is 18. The van der Waals surface area contributed by atoms with Crippen LogP contribution in [-0.2, 0) is 72.4 Å². The number of rotatable bonds is 25. The minimum Gasteiger partial charge on any atom is -0.497 e. The number of methoxy groups -OCH3 is 1. The maximum atomic E-state index is 13.3. The van der Waals surface area contributed by atoms with Crippen LogP contribution in [0.5, 0.6) is 28.7 Å². The molecule has 0 radical (unpaired) electrons. The topological polar surface area (TPSA) is 337 Å². The summed E-state index contributed by atoms with van der Waals surface area (Å²) < 4.78 is 27.8. The lowest BCUT2D eigenvalue weighted by molar-refractivity contribution is -0.384. The number of carbonyl (C=O) groups is 6. The Labute approximate surface area is 564 Å². The molecule has 5 amide bonds. The Morgan fingerprint density at radius 3 is 1.62 bits per heavy atom. The van der Waals surface area contributed by atoms with Gasteiger partial charge in [0.2, 0.25) is 29.5 Å². The molecule has 8 aromatic rings. The van der Waals surface area contributed by atoms with E-state index in [1.54, 1.807) is 83.9 Å². The number of β-amino-alcohol motifs (C(OH)–C–C–N with tert-alkyl or cyclic N) is 1. The summed E-state index contributed by atoms with van der Waals surface area (Å²) in [5, 5.41) is 51.6. The van der Waals surface area contributed by atoms with E-state index in [1.165, 1.54) is 24.3 Å². The molecule has 24 nitrogen and oxygen atoms in total. The summed E-state index contributed by atoms with van der Waals surface area (Å²) in [6.07, 6.45) is 2.93. The molecule has 7 atom stereocenters. The fraction of sp³-hybridized carbons (Fsp3) is 0.311. The number of anilines is 1. The molecule has 98 heavy (non-hydrogen) atoms. The van der Waals surface area contributed by atoms with Gasteiger partial charge < -0.3 is 39.0 Å². The van der Waals surface area contributed by atoms with Crippen molar-refractivity contribution in [3.8, 4) is 28.7 Å². The predicted octanol–water partition coefficient (Wildman–Crippen LogP) is 10.00. The van der Waals surface area contributed by atoms with E-state index in [2.05, 4.69) is 23.3 Å². The molecule has 1 aromatic heterocycles. The quantitative estimate of drug-likeness (QED) is 0.0114. The number of amides is 5. The molecule has 0 unspecified atom stereocenters. The van der Waals surface area contributed by atoms with Crippen LogP contribution in [0.25, 0.3) is 10.9 Å². The van der Waals surface area contributed by atoms with Crippen molar-refractivity contribution in [3.63, 3.8) is 0 Å². The number of aliphatic hydroxyl groups is 1. The smallest absolute Gasteiger partial charge is 0.313 e. The van der Waals surface area contributed by atoms with E-state index in [0.29, 0.717) is 93.4 Å². The lowest BCUT2D eigenvalue weighted by atomic mass is 9.92. The third-order valence-electron chi connectivity index (χ3n) is 18.3. The summed E-state index contributed by atoms with van der Waals surface area (Å²) in [5.74, 6) is -1.29. The normalized spacial score (nSPS) is 20.7. The van der Waals surface area contributed by atoms with Crippen LogP contribution in [0.2, 0.25) is 0 Å². The highest BCUT2D eigenvalue weighted by Crippen LogP contribution is 2.58. The molecule has 3 aliphatic carbocycles. The predicted molar refractivity (Wildman–Crippen MR) is 357 cm³/mol. The molecule has 1 saturated heterocycles. The van der Waals surface area contributed by atoms with Crippen LogP contribution >= 0.6 is 0 Å². The second kappa shape index (κ2) is 31.4. The fourth-order valence-electron chi connectivity index (χ4n) is 12.6. The van der Waals surface area contributed by atoms with E-state index in [-0.39, 0.29) is 30.7 Å². The number of hydroxylamine groups is 3. The number of esters is 1. The Hall–Kier alpha value is -10.8. The number of benzene rings is 7. The number of aryl methyl sites for hydroxylation is 1. The average Bonchev–Trinajstić information content (AvgIpc) is 1.58. The van der Waals surface area contributed by atoms with Gasteiger partial charge in [0.05, 0.1) is 64.3 Å². The first kappa shape index (κ1) is 70.0. The lowest BCUT2D eigenvalue weighted by Gasteiger charge is -2.24. The van der Waals surface area contributed by atoms with Gasteiger partial charge in [0.15, 0.2) is 0 Å². The van der Waals surface area contributed by atoms with Crippen molar-refractivity contribution in [1.82, 2.24) is 26.3 Å². The molecule has 4 aliphatic rings. The van der Waals surface area contributed by atoms with E-state index < -0.39 is 68.7 Å². The highest BCUT2D eigenvalue weighted by Gasteiger charge is 2.66. The molecule has 24 heteroatoms. The first-order valence-electron chi connectivity index (χ1n) is 32.1. The number of non-ortho nitro benzene ring substituents is 1. The first-order chi connectivity index (χ1) is 47.4. The van der Waals surface area contributed by atoms with Gasteiger partial charge in [0.1, 0.15) is 42.0 Å². The van der Waals surface area contributed by atoms with Gasteiger partial charge in [-0.15, -0.1) is 0 Å². The highest BCUT2D eigenvalue weighted by atomic mass is 16.6. The number of nitro benzene ring substituents is 1. The summed E-state index contributed by atoms with van der Waals surface area (Å²) in [6.45, 7) is 5.62. The zero-order valence-electron chi connectivity index (χ0n) is 54.3. The van der Waals surface area contributed by atoms with Gasteiger partial charge in [0.25, 0.3) is 5.69 Å². The maximum absolute atomic E-state index is 13.3. The number of para-hydroxylation sites is 1. The summed E-state index contributed by atoms with van der Waals surface area (Å²) in [6, 6.07) is 54.8. The Bertz CT molecular complexity index is 4130. The molecule has 3 saturated carbocycles. The van der Waals surface area contributed by atoms with Crippen LogP contribution < -0.4 is 40.7 Å². The van der Waals surface area contributed by atoms with E-state index in [1.807, 2.05) is 103 Å². The van der Waals surface area contributed by atoms with Crippen LogP contribution in [0.4, 0.5) is 11.4 Å². The molecule has 8 N–H and O–H groups in total. The molecule has 0 bridgehead atoms. The SMILES string of the molecule is CCOC(=O)[C@@]1(Cc2ccc(Oc3ccc([N+](=O)[O-])cc3)cc2)C[C@@H]1C(=O)NO.CCc1cc(COc2ccc(C[C@]3(C(=O)N4CC[C@H](O)C4)C[C@@H]3C(=O)NO)cc2)c2ccccc2n1.COc1ccc(NC(=O)[C@@]2(Cc3ccc(OCc4ccccc4)cc3)C[C@@H]2C(=O)NO)cc1. The van der Waals surface area contributed by atoms with Crippen molar-refractivity contribution >= 4 is 57.8 Å². The van der Waals surface area contributed by atoms with Crippen molar-refractivity contribution < 1.29 is 78.1 Å². The summed E-state index contributed by atoms with van der Waals surface area (Å²) in [7, 11) is 1.57. The van der Waals surface area contributed by atoms with Gasteiger partial charge in [0, 0.05) is 47.6 Å². The number of nitrogens with zero attached hydrogens (tertiary/aromatic N) is 3. The van der Waals surface area contributed by atoms with Crippen molar-refractivity contribution in [2.24, 2.45) is 34.0 Å². The Morgan fingerprint density at radius 2 is 1.08 bits per heavy atom. The molecular weight excluding hydrogens is 1260 g/mol. The molecule has 510 valence electrons. The Morgan fingerprint density at radius 1 is 0.592 bits per heavy atom. The van der Waals surface area contributed by atoms with Crippen molar-refractivity contribution in [2.45, 2.75) is 84.5 Å². The molecule has 1 aliphatic heterocycles. The second-order valence-electron chi connectivity index (χ2n) is 24.8. The Balaban J connectivity index is 0.000000160. The zero-order chi connectivity index (χ0) is 69.6. The zero-order valence-corrected chi connectivity index (χ0v) is 54.3. The summed E-state index contributed by atoms with van der Waals surface area (Å²) in [5.41, 5.74) is 9.52. The Kier molecular flexibility index (Phi) is 22.4. The van der Waals surface area contributed by atoms with Gasteiger partial charge in [-0.3, -0.25) is 59.5 Å². The molecule has 7 aromatic carbocycles. The molecule has 12 rings (SSSR count). The molecular formula is C74H77N7O17. The van der Waals surface area contributed by atoms with Crippen molar-refractivity contribution in [2.75, 3.05) is 32.1 Å². The number of hydrogen-bond donors (Lipinski definition) is 8. The highest BCUT2D eigenvalue weighted by molar-refractivity contribution is 6.03. The van der Waals surface area contributed by atoms with Gasteiger partial charge in [-0.2, -0.15) is 0 Å². The third kappa shape index (κ3) is 16.7. The minimum atomic E-state index is -0.983. The number of fused-ring (bicyclic) bond motifs is 1. The van der Waals surface area contributed by atoms with Crippen LogP contribution in [0.1, 0.15) is 73.0 Å². The third-order valence-corrected chi connectivity index (χ3v) is 18.3. The number of likely N-dealkylation sites (tertiary alicyclic amines) is 1. The summed E-state index contributed by atoms with van der Waals surface area (Å²) >= 11 is 0. The van der Waals surface area contributed by atoms with Gasteiger partial charge >= 0.3 is 5.97 Å². The van der Waals surface area contributed by atoms with Gasteiger partial charge in [-0.25, -0.2) is 16.4 Å². The number of ether oxygens (including phenoxy) is 5. The summed E-state index contributed by atoms with van der Waals surface area (Å²) in [4.78, 5) is 91.5.